The van der Waals surface area contributed by atoms with E-state index in [0.29, 0.717) is 30.3 Å². The molecule has 2 aromatic rings. The fourth-order valence-corrected chi connectivity index (χ4v) is 2.39. The number of hydrogen-bond donors (Lipinski definition) is 1. The predicted molar refractivity (Wildman–Crippen MR) is 106 cm³/mol. The molecular formula is C20H22ClF3N2O2. The molecule has 0 heterocycles. The maximum absolute atomic E-state index is 12.8. The first kappa shape index (κ1) is 21.9. The average molecular weight is 415 g/mol. The highest BCUT2D eigenvalue weighted by molar-refractivity contribution is 6.33. The van der Waals surface area contributed by atoms with Gasteiger partial charge in [0.15, 0.2) is 0 Å². The molecule has 0 saturated heterocycles. The van der Waals surface area contributed by atoms with Gasteiger partial charge in [-0.15, -0.1) is 0 Å². The number of rotatable bonds is 9. The Labute approximate surface area is 167 Å². The zero-order chi connectivity index (χ0) is 20.6. The van der Waals surface area contributed by atoms with E-state index in [0.717, 1.165) is 25.0 Å². The van der Waals surface area contributed by atoms with Crippen molar-refractivity contribution in [1.82, 2.24) is 0 Å². The van der Waals surface area contributed by atoms with Crippen molar-refractivity contribution in [3.63, 3.8) is 0 Å². The van der Waals surface area contributed by atoms with Crippen LogP contribution in [0.3, 0.4) is 0 Å². The molecule has 0 radical (unpaired) electrons. The molecule has 0 unspecified atom stereocenters. The van der Waals surface area contributed by atoms with Crippen LogP contribution in [0.5, 0.6) is 11.5 Å². The van der Waals surface area contributed by atoms with Crippen molar-refractivity contribution in [3.8, 4) is 11.5 Å². The third kappa shape index (κ3) is 6.34. The summed E-state index contributed by atoms with van der Waals surface area (Å²) in [5.41, 5.74) is 2.47. The van der Waals surface area contributed by atoms with Crippen LogP contribution in [0.15, 0.2) is 41.5 Å². The first-order valence-corrected chi connectivity index (χ1v) is 9.28. The molecule has 2 rings (SSSR count). The molecule has 0 saturated carbocycles. The minimum atomic E-state index is -4.46. The van der Waals surface area contributed by atoms with Crippen LogP contribution >= 0.6 is 11.6 Å². The van der Waals surface area contributed by atoms with Gasteiger partial charge in [0.2, 0.25) is 0 Å². The van der Waals surface area contributed by atoms with E-state index < -0.39 is 11.7 Å². The first-order valence-electron chi connectivity index (χ1n) is 8.90. The number of alkyl halides is 3. The van der Waals surface area contributed by atoms with Crippen LogP contribution in [-0.2, 0) is 6.18 Å². The number of hydrazone groups is 1. The van der Waals surface area contributed by atoms with Gasteiger partial charge in [0.25, 0.3) is 0 Å². The van der Waals surface area contributed by atoms with Gasteiger partial charge in [-0.05, 0) is 43.2 Å². The normalized spacial score (nSPS) is 11.6. The molecule has 0 spiro atoms. The summed E-state index contributed by atoms with van der Waals surface area (Å²) in [4.78, 5) is 0. The van der Waals surface area contributed by atoms with Crippen molar-refractivity contribution in [2.24, 2.45) is 5.10 Å². The molecular weight excluding hydrogens is 393 g/mol. The Bertz CT molecular complexity index is 811. The molecule has 1 N–H and O–H groups in total. The molecule has 0 aliphatic heterocycles. The number of nitrogens with zero attached hydrogens (tertiary/aromatic N) is 1. The molecule has 0 fully saturated rings. The SMILES string of the molecule is CCCOc1ccc(/C=N\Nc2cc(C(F)(F)F)ccc2Cl)c(OCCC)c1. The zero-order valence-corrected chi connectivity index (χ0v) is 16.4. The minimum absolute atomic E-state index is 0.0617. The van der Waals surface area contributed by atoms with Crippen LogP contribution in [0.1, 0.15) is 37.8 Å². The van der Waals surface area contributed by atoms with E-state index in [-0.39, 0.29) is 10.7 Å². The maximum Gasteiger partial charge on any atom is 0.416 e. The van der Waals surface area contributed by atoms with Gasteiger partial charge >= 0.3 is 6.18 Å². The quantitative estimate of drug-likeness (QED) is 0.382. The third-order valence-electron chi connectivity index (χ3n) is 3.60. The Morgan fingerprint density at radius 1 is 1.04 bits per heavy atom. The van der Waals surface area contributed by atoms with Crippen molar-refractivity contribution in [2.75, 3.05) is 18.6 Å². The van der Waals surface area contributed by atoms with Crippen LogP contribution in [0.4, 0.5) is 18.9 Å². The van der Waals surface area contributed by atoms with E-state index in [9.17, 15) is 13.2 Å². The number of hydrogen-bond acceptors (Lipinski definition) is 4. The molecule has 0 aliphatic carbocycles. The fourth-order valence-electron chi connectivity index (χ4n) is 2.23. The van der Waals surface area contributed by atoms with Gasteiger partial charge in [-0.1, -0.05) is 25.4 Å². The highest BCUT2D eigenvalue weighted by Crippen LogP contribution is 2.33. The highest BCUT2D eigenvalue weighted by atomic mass is 35.5. The largest absolute Gasteiger partial charge is 0.493 e. The topological polar surface area (TPSA) is 42.8 Å². The molecule has 0 bridgehead atoms. The summed E-state index contributed by atoms with van der Waals surface area (Å²) >= 11 is 5.95. The molecule has 0 aliphatic rings. The summed E-state index contributed by atoms with van der Waals surface area (Å²) in [6.45, 7) is 5.11. The van der Waals surface area contributed by atoms with E-state index in [4.69, 9.17) is 21.1 Å². The first-order chi connectivity index (χ1) is 13.3. The lowest BCUT2D eigenvalue weighted by atomic mass is 10.2. The third-order valence-corrected chi connectivity index (χ3v) is 3.93. The van der Waals surface area contributed by atoms with Crippen molar-refractivity contribution in [1.29, 1.82) is 0 Å². The van der Waals surface area contributed by atoms with Crippen molar-refractivity contribution in [3.05, 3.63) is 52.5 Å². The second-order valence-electron chi connectivity index (χ2n) is 5.96. The van der Waals surface area contributed by atoms with Gasteiger partial charge in [-0.2, -0.15) is 18.3 Å². The molecule has 8 heteroatoms. The predicted octanol–water partition coefficient (Wildman–Crippen LogP) is 6.38. The Morgan fingerprint density at radius 3 is 2.43 bits per heavy atom. The number of benzene rings is 2. The summed E-state index contributed by atoms with van der Waals surface area (Å²) < 4.78 is 49.9. The summed E-state index contributed by atoms with van der Waals surface area (Å²) in [5.74, 6) is 1.26. The second kappa shape index (κ2) is 10.2. The van der Waals surface area contributed by atoms with Crippen molar-refractivity contribution < 1.29 is 22.6 Å². The van der Waals surface area contributed by atoms with Crippen LogP contribution in [-0.4, -0.2) is 19.4 Å². The molecule has 152 valence electrons. The van der Waals surface area contributed by atoms with Gasteiger partial charge < -0.3 is 9.47 Å². The Balaban J connectivity index is 2.19. The second-order valence-corrected chi connectivity index (χ2v) is 6.37. The summed E-state index contributed by atoms with van der Waals surface area (Å²) in [6.07, 6.45) is -1.28. The fraction of sp³-hybridized carbons (Fsp3) is 0.350. The molecule has 2 aromatic carbocycles. The molecule has 28 heavy (non-hydrogen) atoms. The Morgan fingerprint density at radius 2 is 1.75 bits per heavy atom. The lowest BCUT2D eigenvalue weighted by molar-refractivity contribution is -0.137. The standard InChI is InChI=1S/C20H22ClF3N2O2/c1-3-9-27-16-7-5-14(19(12-16)28-10-4-2)13-25-26-18-11-15(20(22,23)24)6-8-17(18)21/h5-8,11-13,26H,3-4,9-10H2,1-2H3/b25-13-. The Hall–Kier alpha value is -2.41. The monoisotopic (exact) mass is 414 g/mol. The average Bonchev–Trinajstić information content (AvgIpc) is 2.66. The van der Waals surface area contributed by atoms with Gasteiger partial charge in [-0.3, -0.25) is 5.43 Å². The van der Waals surface area contributed by atoms with Crippen molar-refractivity contribution >= 4 is 23.5 Å². The van der Waals surface area contributed by atoms with Crippen LogP contribution in [0, 0.1) is 0 Å². The zero-order valence-electron chi connectivity index (χ0n) is 15.6. The summed E-state index contributed by atoms with van der Waals surface area (Å²) in [5, 5.41) is 4.14. The van der Waals surface area contributed by atoms with Crippen LogP contribution in [0.2, 0.25) is 5.02 Å². The van der Waals surface area contributed by atoms with E-state index in [1.165, 1.54) is 12.3 Å². The van der Waals surface area contributed by atoms with Gasteiger partial charge in [0, 0.05) is 11.6 Å². The number of anilines is 1. The molecule has 0 aromatic heterocycles. The smallest absolute Gasteiger partial charge is 0.416 e. The van der Waals surface area contributed by atoms with Crippen LogP contribution in [0.25, 0.3) is 0 Å². The number of nitrogens with one attached hydrogen (secondary N) is 1. The van der Waals surface area contributed by atoms with Gasteiger partial charge in [-0.25, -0.2) is 0 Å². The van der Waals surface area contributed by atoms with Gasteiger partial charge in [0.05, 0.1) is 35.7 Å². The van der Waals surface area contributed by atoms with Gasteiger partial charge in [0.1, 0.15) is 11.5 Å². The minimum Gasteiger partial charge on any atom is -0.493 e. The summed E-state index contributed by atoms with van der Waals surface area (Å²) in [6, 6.07) is 8.34. The lowest BCUT2D eigenvalue weighted by Gasteiger charge is -2.12. The van der Waals surface area contributed by atoms with E-state index in [1.54, 1.807) is 18.2 Å². The lowest BCUT2D eigenvalue weighted by Crippen LogP contribution is -2.05. The van der Waals surface area contributed by atoms with E-state index in [2.05, 4.69) is 10.5 Å². The van der Waals surface area contributed by atoms with Crippen LogP contribution < -0.4 is 14.9 Å². The van der Waals surface area contributed by atoms with Crippen molar-refractivity contribution in [2.45, 2.75) is 32.9 Å². The van der Waals surface area contributed by atoms with E-state index in [1.807, 2.05) is 13.8 Å². The molecule has 0 amide bonds. The number of ether oxygens (including phenoxy) is 2. The Kier molecular flexibility index (Phi) is 7.99. The summed E-state index contributed by atoms with van der Waals surface area (Å²) in [7, 11) is 0. The molecule has 0 atom stereocenters. The maximum atomic E-state index is 12.8. The highest BCUT2D eigenvalue weighted by Gasteiger charge is 2.30. The molecule has 4 nitrogen and oxygen atoms in total. The van der Waals surface area contributed by atoms with E-state index >= 15 is 0 Å². The number of halogens is 4.